The van der Waals surface area contributed by atoms with Crippen molar-refractivity contribution in [3.63, 3.8) is 0 Å². The van der Waals surface area contributed by atoms with Crippen LogP contribution < -0.4 is 5.32 Å². The fourth-order valence-electron chi connectivity index (χ4n) is 6.14. The van der Waals surface area contributed by atoms with Crippen LogP contribution in [0.3, 0.4) is 0 Å². The van der Waals surface area contributed by atoms with E-state index in [9.17, 15) is 19.2 Å². The van der Waals surface area contributed by atoms with Crippen LogP contribution in [-0.2, 0) is 23.9 Å². The van der Waals surface area contributed by atoms with E-state index in [1.165, 1.54) is 0 Å². The molecule has 7 heteroatoms. The predicted molar refractivity (Wildman–Crippen MR) is 131 cm³/mol. The number of hydrogen-bond donors (Lipinski definition) is 1. The second kappa shape index (κ2) is 8.45. The van der Waals surface area contributed by atoms with Crippen molar-refractivity contribution < 1.29 is 23.9 Å². The molecule has 1 saturated heterocycles. The van der Waals surface area contributed by atoms with Crippen LogP contribution in [0.15, 0.2) is 72.8 Å². The molecule has 3 aliphatic carbocycles. The van der Waals surface area contributed by atoms with Gasteiger partial charge in [0, 0.05) is 17.5 Å². The van der Waals surface area contributed by atoms with Crippen LogP contribution >= 0.6 is 0 Å². The third-order valence-corrected chi connectivity index (χ3v) is 7.49. The van der Waals surface area contributed by atoms with Crippen molar-refractivity contribution in [1.82, 2.24) is 4.90 Å². The molecule has 3 amide bonds. The average Bonchev–Trinajstić information content (AvgIpc) is 3.13. The lowest BCUT2D eigenvalue weighted by Crippen LogP contribution is -2.41. The van der Waals surface area contributed by atoms with Crippen molar-refractivity contribution in [3.8, 4) is 0 Å². The molecule has 0 saturated carbocycles. The lowest BCUT2D eigenvalue weighted by atomic mass is 9.55. The number of benzene rings is 3. The van der Waals surface area contributed by atoms with E-state index in [1.54, 1.807) is 12.1 Å². The number of imide groups is 1. The van der Waals surface area contributed by atoms with Crippen molar-refractivity contribution in [2.75, 3.05) is 18.5 Å². The van der Waals surface area contributed by atoms with Gasteiger partial charge in [-0.05, 0) is 46.9 Å². The Morgan fingerprint density at radius 2 is 1.33 bits per heavy atom. The summed E-state index contributed by atoms with van der Waals surface area (Å²) in [7, 11) is 0. The molecule has 0 spiro atoms. The summed E-state index contributed by atoms with van der Waals surface area (Å²) >= 11 is 0. The minimum Gasteiger partial charge on any atom is -0.454 e. The molecule has 7 nitrogen and oxygen atoms in total. The van der Waals surface area contributed by atoms with Crippen LogP contribution in [0.5, 0.6) is 0 Å². The summed E-state index contributed by atoms with van der Waals surface area (Å²) < 4.78 is 5.11. The SMILES string of the molecule is Cc1cccc(NC(=O)COC(=O)CN2C(=O)[C@@H]3C4c5ccccc5C(c5ccccc54)[C@@H]3C2=O)c1. The highest BCUT2D eigenvalue weighted by Crippen LogP contribution is 2.60. The number of carbonyl (C=O) groups is 4. The minimum absolute atomic E-state index is 0.232. The van der Waals surface area contributed by atoms with Crippen molar-refractivity contribution in [2.45, 2.75) is 18.8 Å². The van der Waals surface area contributed by atoms with Crippen molar-refractivity contribution >= 4 is 29.4 Å². The first kappa shape index (κ1) is 22.2. The third-order valence-electron chi connectivity index (χ3n) is 7.49. The maximum Gasteiger partial charge on any atom is 0.326 e. The molecule has 3 aromatic rings. The van der Waals surface area contributed by atoms with Gasteiger partial charge in [0.2, 0.25) is 11.8 Å². The van der Waals surface area contributed by atoms with Gasteiger partial charge in [0.1, 0.15) is 6.54 Å². The van der Waals surface area contributed by atoms with Gasteiger partial charge in [-0.25, -0.2) is 0 Å². The van der Waals surface area contributed by atoms with Crippen LogP contribution in [0.25, 0.3) is 0 Å². The highest BCUT2D eigenvalue weighted by atomic mass is 16.5. The number of likely N-dealkylation sites (tertiary alicyclic amines) is 1. The van der Waals surface area contributed by atoms with Crippen molar-refractivity contribution in [3.05, 3.63) is 101 Å². The molecule has 0 aromatic heterocycles. The lowest BCUT2D eigenvalue weighted by Gasteiger charge is -2.45. The highest BCUT2D eigenvalue weighted by molar-refractivity contribution is 6.09. The van der Waals surface area contributed by atoms with Gasteiger partial charge < -0.3 is 10.1 Å². The topological polar surface area (TPSA) is 92.8 Å². The van der Waals surface area contributed by atoms with Crippen LogP contribution in [0.2, 0.25) is 0 Å². The van der Waals surface area contributed by atoms with E-state index in [-0.39, 0.29) is 23.7 Å². The standard InChI is InChI=1S/C29H24N2O5/c1-16-7-6-8-17(13-16)30-22(32)15-36-23(33)14-31-28(34)26-24-18-9-2-3-10-19(18)25(27(26)29(31)35)21-12-5-4-11-20(21)24/h2-13,24-27H,14-15H2,1H3,(H,30,32)/t24?,25?,26-,27+. The first-order valence-corrected chi connectivity index (χ1v) is 12.0. The predicted octanol–water partition coefficient (Wildman–Crippen LogP) is 3.37. The third kappa shape index (κ3) is 3.42. The van der Waals surface area contributed by atoms with E-state index < -0.39 is 36.9 Å². The van der Waals surface area contributed by atoms with Crippen LogP contribution in [0, 0.1) is 18.8 Å². The molecule has 2 atom stereocenters. The second-order valence-electron chi connectivity index (χ2n) is 9.61. The molecule has 1 fully saturated rings. The fourth-order valence-corrected chi connectivity index (χ4v) is 6.14. The molecule has 180 valence electrons. The minimum atomic E-state index is -0.794. The van der Waals surface area contributed by atoms with Crippen molar-refractivity contribution in [2.24, 2.45) is 11.8 Å². The molecule has 36 heavy (non-hydrogen) atoms. The number of esters is 1. The lowest BCUT2D eigenvalue weighted by molar-refractivity contribution is -0.154. The maximum atomic E-state index is 13.5. The molecule has 1 heterocycles. The summed E-state index contributed by atoms with van der Waals surface area (Å²) in [6.07, 6.45) is 0. The largest absolute Gasteiger partial charge is 0.454 e. The van der Waals surface area contributed by atoms with E-state index in [1.807, 2.05) is 67.6 Å². The van der Waals surface area contributed by atoms with Gasteiger partial charge >= 0.3 is 5.97 Å². The monoisotopic (exact) mass is 480 g/mol. The van der Waals surface area contributed by atoms with E-state index in [4.69, 9.17) is 4.74 Å². The summed E-state index contributed by atoms with van der Waals surface area (Å²) in [6, 6.07) is 23.2. The van der Waals surface area contributed by atoms with Gasteiger partial charge in [-0.2, -0.15) is 0 Å². The Labute approximate surface area is 208 Å². The summed E-state index contributed by atoms with van der Waals surface area (Å²) in [6.45, 7) is 0.896. The average molecular weight is 481 g/mol. The number of carbonyl (C=O) groups excluding carboxylic acids is 4. The van der Waals surface area contributed by atoms with Crippen LogP contribution in [0.1, 0.15) is 39.7 Å². The van der Waals surface area contributed by atoms with E-state index in [2.05, 4.69) is 5.32 Å². The smallest absolute Gasteiger partial charge is 0.326 e. The number of nitrogens with zero attached hydrogens (tertiary/aromatic N) is 1. The molecule has 7 rings (SSSR count). The quantitative estimate of drug-likeness (QED) is 0.447. The Balaban J connectivity index is 1.19. The molecular weight excluding hydrogens is 456 g/mol. The zero-order valence-electron chi connectivity index (χ0n) is 19.6. The summed E-state index contributed by atoms with van der Waals surface area (Å²) in [5.74, 6) is -3.57. The number of anilines is 1. The number of hydrogen-bond acceptors (Lipinski definition) is 5. The van der Waals surface area contributed by atoms with E-state index in [0.717, 1.165) is 32.7 Å². The Morgan fingerprint density at radius 1 is 0.806 bits per heavy atom. The normalized spacial score (nSPS) is 23.1. The van der Waals surface area contributed by atoms with Gasteiger partial charge in [-0.15, -0.1) is 0 Å². The molecule has 0 unspecified atom stereocenters. The Kier molecular flexibility index (Phi) is 5.21. The number of rotatable bonds is 5. The summed E-state index contributed by atoms with van der Waals surface area (Å²) in [5, 5.41) is 2.67. The zero-order valence-corrected chi connectivity index (χ0v) is 19.6. The molecule has 2 bridgehead atoms. The Bertz CT molecular complexity index is 1310. The molecule has 4 aliphatic rings. The van der Waals surface area contributed by atoms with Gasteiger partial charge in [-0.1, -0.05) is 60.7 Å². The van der Waals surface area contributed by atoms with Gasteiger partial charge in [-0.3, -0.25) is 24.1 Å². The molecule has 1 aliphatic heterocycles. The molecular formula is C29H24N2O5. The zero-order chi connectivity index (χ0) is 25.0. The Morgan fingerprint density at radius 3 is 1.83 bits per heavy atom. The van der Waals surface area contributed by atoms with E-state index in [0.29, 0.717) is 5.69 Å². The number of ether oxygens (including phenoxy) is 1. The van der Waals surface area contributed by atoms with Gasteiger partial charge in [0.25, 0.3) is 5.91 Å². The highest BCUT2D eigenvalue weighted by Gasteiger charge is 2.61. The Hall–Kier alpha value is -4.26. The van der Waals surface area contributed by atoms with Gasteiger partial charge in [0.15, 0.2) is 6.61 Å². The van der Waals surface area contributed by atoms with Crippen LogP contribution in [0.4, 0.5) is 5.69 Å². The molecule has 3 aromatic carbocycles. The number of nitrogens with one attached hydrogen (secondary N) is 1. The summed E-state index contributed by atoms with van der Waals surface area (Å²) in [4.78, 5) is 52.9. The van der Waals surface area contributed by atoms with E-state index >= 15 is 0 Å². The number of amides is 3. The summed E-state index contributed by atoms with van der Waals surface area (Å²) in [5.41, 5.74) is 5.86. The van der Waals surface area contributed by atoms with Crippen molar-refractivity contribution in [1.29, 1.82) is 0 Å². The molecule has 0 radical (unpaired) electrons. The van der Waals surface area contributed by atoms with Gasteiger partial charge in [0.05, 0.1) is 11.8 Å². The van der Waals surface area contributed by atoms with Crippen LogP contribution in [-0.4, -0.2) is 41.7 Å². The second-order valence-corrected chi connectivity index (χ2v) is 9.61. The first-order chi connectivity index (χ1) is 17.4. The number of aryl methyl sites for hydroxylation is 1. The first-order valence-electron chi connectivity index (χ1n) is 12.0. The maximum absolute atomic E-state index is 13.5. The fraction of sp³-hybridized carbons (Fsp3) is 0.241. The molecule has 1 N–H and O–H groups in total.